The van der Waals surface area contributed by atoms with Gasteiger partial charge < -0.3 is 13.9 Å². The van der Waals surface area contributed by atoms with E-state index in [0.29, 0.717) is 5.92 Å². The molecule has 3 heteroatoms. The molecule has 2 aromatic heterocycles. The molecule has 264 valence electrons. The van der Waals surface area contributed by atoms with Crippen molar-refractivity contribution in [3.8, 4) is 16.8 Å². The van der Waals surface area contributed by atoms with Crippen LogP contribution in [-0.2, 0) is 0 Å². The minimum absolute atomic E-state index is 0.577. The Morgan fingerprint density at radius 2 is 1.16 bits per heavy atom. The number of furan rings is 1. The maximum absolute atomic E-state index is 6.57. The van der Waals surface area contributed by atoms with Crippen molar-refractivity contribution in [3.05, 3.63) is 181 Å². The number of benzene rings is 8. The molecule has 1 aliphatic rings. The van der Waals surface area contributed by atoms with E-state index in [2.05, 4.69) is 179 Å². The van der Waals surface area contributed by atoms with Crippen LogP contribution in [0.15, 0.2) is 180 Å². The Balaban J connectivity index is 1.23. The zero-order valence-corrected chi connectivity index (χ0v) is 30.7. The highest BCUT2D eigenvalue weighted by molar-refractivity contribution is 6.15. The second kappa shape index (κ2) is 13.1. The summed E-state index contributed by atoms with van der Waals surface area (Å²) in [6.07, 6.45) is 6.46. The molecule has 3 nitrogen and oxygen atoms in total. The molecule has 55 heavy (non-hydrogen) atoms. The lowest BCUT2D eigenvalue weighted by Gasteiger charge is -2.30. The zero-order chi connectivity index (χ0) is 36.3. The molecule has 0 N–H and O–H groups in total. The van der Waals surface area contributed by atoms with Gasteiger partial charge in [0, 0.05) is 44.5 Å². The number of nitrogens with zero attached hydrogens (tertiary/aromatic N) is 2. The van der Waals surface area contributed by atoms with Crippen molar-refractivity contribution in [2.24, 2.45) is 0 Å². The van der Waals surface area contributed by atoms with E-state index >= 15 is 0 Å². The molecule has 1 fully saturated rings. The summed E-state index contributed by atoms with van der Waals surface area (Å²) in [5.74, 6) is 0.577. The number of aromatic nitrogens is 1. The topological polar surface area (TPSA) is 21.3 Å². The third-order valence-electron chi connectivity index (χ3n) is 12.0. The third kappa shape index (κ3) is 5.18. The first-order chi connectivity index (χ1) is 27.3. The predicted octanol–water partition coefficient (Wildman–Crippen LogP) is 15.0. The SMILES string of the molecule is c1ccc(-n2c3ccccc3c3cccc(N(c4ccc5c(c4)oc4ccccc45)c4ccccc4-c4cccc5cccc(C6CCCCC6)c45)c32)cc1. The Hall–Kier alpha value is -6.58. The Bertz CT molecular complexity index is 3030. The molecule has 2 heterocycles. The highest BCUT2D eigenvalue weighted by Crippen LogP contribution is 2.49. The van der Waals surface area contributed by atoms with Gasteiger partial charge in [-0.05, 0) is 89.2 Å². The lowest BCUT2D eigenvalue weighted by molar-refractivity contribution is 0.445. The van der Waals surface area contributed by atoms with Crippen LogP contribution in [0.25, 0.3) is 71.3 Å². The van der Waals surface area contributed by atoms with Gasteiger partial charge in [-0.1, -0.05) is 141 Å². The van der Waals surface area contributed by atoms with Crippen molar-refractivity contribution >= 4 is 71.6 Å². The van der Waals surface area contributed by atoms with Crippen LogP contribution in [0.5, 0.6) is 0 Å². The van der Waals surface area contributed by atoms with Crippen molar-refractivity contribution in [1.29, 1.82) is 0 Å². The molecule has 0 atom stereocenters. The molecule has 10 aromatic rings. The van der Waals surface area contributed by atoms with Crippen LogP contribution >= 0.6 is 0 Å². The van der Waals surface area contributed by atoms with E-state index in [9.17, 15) is 0 Å². The molecule has 0 amide bonds. The zero-order valence-electron chi connectivity index (χ0n) is 30.7. The summed E-state index contributed by atoms with van der Waals surface area (Å²) in [6.45, 7) is 0. The molecule has 0 unspecified atom stereocenters. The van der Waals surface area contributed by atoms with E-state index in [-0.39, 0.29) is 0 Å². The largest absolute Gasteiger partial charge is 0.456 e. The van der Waals surface area contributed by atoms with Crippen LogP contribution in [0.4, 0.5) is 17.1 Å². The van der Waals surface area contributed by atoms with Gasteiger partial charge in [-0.15, -0.1) is 0 Å². The summed E-state index contributed by atoms with van der Waals surface area (Å²) >= 11 is 0. The number of hydrogen-bond acceptors (Lipinski definition) is 2. The first-order valence-corrected chi connectivity index (χ1v) is 19.7. The van der Waals surface area contributed by atoms with Crippen LogP contribution in [0.1, 0.15) is 43.6 Å². The van der Waals surface area contributed by atoms with Crippen molar-refractivity contribution in [3.63, 3.8) is 0 Å². The molecule has 0 aliphatic heterocycles. The molecule has 1 saturated carbocycles. The molecule has 0 bridgehead atoms. The fourth-order valence-corrected chi connectivity index (χ4v) is 9.53. The Morgan fingerprint density at radius 1 is 0.491 bits per heavy atom. The van der Waals surface area contributed by atoms with Crippen molar-refractivity contribution < 1.29 is 4.42 Å². The summed E-state index contributed by atoms with van der Waals surface area (Å²) in [6, 6.07) is 64.3. The fourth-order valence-electron chi connectivity index (χ4n) is 9.53. The molecule has 1 aliphatic carbocycles. The van der Waals surface area contributed by atoms with E-state index in [1.54, 1.807) is 0 Å². The van der Waals surface area contributed by atoms with E-state index < -0.39 is 0 Å². The third-order valence-corrected chi connectivity index (χ3v) is 12.0. The van der Waals surface area contributed by atoms with Gasteiger partial charge in [-0.25, -0.2) is 0 Å². The highest BCUT2D eigenvalue weighted by Gasteiger charge is 2.26. The minimum Gasteiger partial charge on any atom is -0.456 e. The number of anilines is 3. The Kier molecular flexibility index (Phi) is 7.58. The van der Waals surface area contributed by atoms with Gasteiger partial charge in [0.2, 0.25) is 0 Å². The van der Waals surface area contributed by atoms with Crippen molar-refractivity contribution in [1.82, 2.24) is 4.57 Å². The molecule has 0 spiro atoms. The van der Waals surface area contributed by atoms with Crippen molar-refractivity contribution in [2.45, 2.75) is 38.0 Å². The fraction of sp³-hybridized carbons (Fsp3) is 0.115. The van der Waals surface area contributed by atoms with Gasteiger partial charge in [0.1, 0.15) is 11.2 Å². The van der Waals surface area contributed by atoms with Crippen LogP contribution in [0.3, 0.4) is 0 Å². The van der Waals surface area contributed by atoms with E-state index in [1.165, 1.54) is 75.9 Å². The summed E-state index contributed by atoms with van der Waals surface area (Å²) in [5, 5.41) is 7.39. The van der Waals surface area contributed by atoms with Gasteiger partial charge in [-0.2, -0.15) is 0 Å². The molecular formula is C52H40N2O. The van der Waals surface area contributed by atoms with E-state index in [1.807, 2.05) is 6.07 Å². The minimum atomic E-state index is 0.577. The normalized spacial score (nSPS) is 13.7. The number of rotatable bonds is 6. The molecule has 0 saturated heterocycles. The maximum Gasteiger partial charge on any atom is 0.137 e. The van der Waals surface area contributed by atoms with Crippen molar-refractivity contribution in [2.75, 3.05) is 4.90 Å². The van der Waals surface area contributed by atoms with E-state index in [0.717, 1.165) is 50.2 Å². The molecule has 8 aromatic carbocycles. The van der Waals surface area contributed by atoms with Gasteiger partial charge >= 0.3 is 0 Å². The summed E-state index contributed by atoms with van der Waals surface area (Å²) < 4.78 is 9.01. The second-order valence-corrected chi connectivity index (χ2v) is 15.1. The molecule has 11 rings (SSSR count). The Morgan fingerprint density at radius 3 is 2.05 bits per heavy atom. The standard InChI is InChI=1S/C52H40N2O/c1-3-16-35(17-4-1)39-25-13-18-36-19-14-26-44(51(36)39)40-22-7-10-28-46(40)53(38-32-33-43-42-24-9-12-31-49(42)55-50(43)34-38)48-30-15-27-45-41-23-8-11-29-47(41)54(52(45)48)37-20-5-2-6-21-37/h2,5-15,18-35H,1,3-4,16-17H2. The summed E-state index contributed by atoms with van der Waals surface area (Å²) in [4.78, 5) is 2.48. The van der Waals surface area contributed by atoms with Crippen LogP contribution < -0.4 is 4.90 Å². The van der Waals surface area contributed by atoms with Gasteiger partial charge in [0.15, 0.2) is 0 Å². The van der Waals surface area contributed by atoms with Crippen LogP contribution in [0, 0.1) is 0 Å². The quantitative estimate of drug-likeness (QED) is 0.171. The van der Waals surface area contributed by atoms with Gasteiger partial charge in [0.05, 0.1) is 22.4 Å². The number of hydrogen-bond donors (Lipinski definition) is 0. The lowest BCUT2D eigenvalue weighted by atomic mass is 9.80. The van der Waals surface area contributed by atoms with Crippen LogP contribution in [-0.4, -0.2) is 4.57 Å². The van der Waals surface area contributed by atoms with Gasteiger partial charge in [0.25, 0.3) is 0 Å². The first kappa shape index (κ1) is 31.9. The monoisotopic (exact) mass is 708 g/mol. The average molecular weight is 709 g/mol. The summed E-state index contributed by atoms with van der Waals surface area (Å²) in [7, 11) is 0. The Labute approximate surface area is 320 Å². The predicted molar refractivity (Wildman–Crippen MR) is 232 cm³/mol. The summed E-state index contributed by atoms with van der Waals surface area (Å²) in [5.41, 5.74) is 12.5. The smallest absolute Gasteiger partial charge is 0.137 e. The highest BCUT2D eigenvalue weighted by atomic mass is 16.3. The van der Waals surface area contributed by atoms with Gasteiger partial charge in [-0.3, -0.25) is 0 Å². The second-order valence-electron chi connectivity index (χ2n) is 15.1. The molecule has 0 radical (unpaired) electrons. The number of para-hydroxylation sites is 5. The number of fused-ring (bicyclic) bond motifs is 7. The lowest BCUT2D eigenvalue weighted by Crippen LogP contribution is -2.13. The first-order valence-electron chi connectivity index (χ1n) is 19.7. The average Bonchev–Trinajstić information content (AvgIpc) is 3.80. The van der Waals surface area contributed by atoms with E-state index in [4.69, 9.17) is 4.42 Å². The molecular weight excluding hydrogens is 669 g/mol. The maximum atomic E-state index is 6.57. The van der Waals surface area contributed by atoms with Crippen LogP contribution in [0.2, 0.25) is 0 Å².